The Balaban J connectivity index is 1.84. The van der Waals surface area contributed by atoms with E-state index in [0.717, 1.165) is 24.4 Å². The maximum atomic E-state index is 12.8. The van der Waals surface area contributed by atoms with Gasteiger partial charge in [-0.15, -0.1) is 11.8 Å². The van der Waals surface area contributed by atoms with Crippen molar-refractivity contribution in [1.82, 2.24) is 4.90 Å². The summed E-state index contributed by atoms with van der Waals surface area (Å²) in [5.74, 6) is 0.629. The van der Waals surface area contributed by atoms with Crippen molar-refractivity contribution in [3.8, 4) is 0 Å². The van der Waals surface area contributed by atoms with Crippen LogP contribution >= 0.6 is 11.8 Å². The van der Waals surface area contributed by atoms with Gasteiger partial charge in [0, 0.05) is 29.7 Å². The number of rotatable bonds is 5. The molecule has 0 aliphatic carbocycles. The fourth-order valence-electron chi connectivity index (χ4n) is 2.51. The van der Waals surface area contributed by atoms with Crippen LogP contribution in [0.2, 0.25) is 0 Å². The fraction of sp³-hybridized carbons (Fsp3) is 0.562. The van der Waals surface area contributed by atoms with Crippen LogP contribution < -0.4 is 5.73 Å². The Hall–Kier alpha value is -1.07. The number of hydrogen-bond acceptors (Lipinski definition) is 3. The highest BCUT2D eigenvalue weighted by atomic mass is 32.2. The van der Waals surface area contributed by atoms with Gasteiger partial charge >= 0.3 is 0 Å². The molecule has 1 aliphatic rings. The lowest BCUT2D eigenvalue weighted by molar-refractivity contribution is -0.133. The minimum absolute atomic E-state index is 0.0415. The standard InChI is InChI=1S/C16H23FN2OS/c1-12(9-21-14-5-3-13(17)4-6-14)15(20)19-8-7-16(2,10-18)11-19/h3-6,12H,7-11,18H2,1-2H3. The lowest BCUT2D eigenvalue weighted by Gasteiger charge is -2.24. The molecule has 0 aromatic heterocycles. The zero-order valence-corrected chi connectivity index (χ0v) is 13.5. The Bertz CT molecular complexity index is 494. The Kier molecular flexibility index (Phi) is 5.27. The number of nitrogens with two attached hydrogens (primary N) is 1. The number of carbonyl (C=O) groups excluding carboxylic acids is 1. The number of thioether (sulfide) groups is 1. The predicted octanol–water partition coefficient (Wildman–Crippen LogP) is 2.75. The third-order valence-corrected chi connectivity index (χ3v) is 5.37. The van der Waals surface area contributed by atoms with Crippen LogP contribution in [0.3, 0.4) is 0 Å². The summed E-state index contributed by atoms with van der Waals surface area (Å²) >= 11 is 1.59. The van der Waals surface area contributed by atoms with Crippen molar-refractivity contribution in [2.24, 2.45) is 17.1 Å². The van der Waals surface area contributed by atoms with Gasteiger partial charge in [-0.2, -0.15) is 0 Å². The highest BCUT2D eigenvalue weighted by Gasteiger charge is 2.36. The highest BCUT2D eigenvalue weighted by Crippen LogP contribution is 2.30. The van der Waals surface area contributed by atoms with E-state index in [4.69, 9.17) is 5.73 Å². The number of amides is 1. The van der Waals surface area contributed by atoms with Crippen LogP contribution in [0, 0.1) is 17.2 Å². The van der Waals surface area contributed by atoms with Crippen LogP contribution in [0.4, 0.5) is 4.39 Å². The van der Waals surface area contributed by atoms with Gasteiger partial charge in [-0.3, -0.25) is 4.79 Å². The maximum Gasteiger partial charge on any atom is 0.226 e. The summed E-state index contributed by atoms with van der Waals surface area (Å²) < 4.78 is 12.8. The molecule has 2 unspecified atom stereocenters. The molecule has 21 heavy (non-hydrogen) atoms. The lowest BCUT2D eigenvalue weighted by atomic mass is 9.90. The van der Waals surface area contributed by atoms with Gasteiger partial charge in [0.25, 0.3) is 0 Å². The van der Waals surface area contributed by atoms with Crippen LogP contribution in [0.5, 0.6) is 0 Å². The number of carbonyl (C=O) groups is 1. The van der Waals surface area contributed by atoms with Gasteiger partial charge in [0.1, 0.15) is 5.82 Å². The highest BCUT2D eigenvalue weighted by molar-refractivity contribution is 7.99. The molecule has 116 valence electrons. The van der Waals surface area contributed by atoms with Gasteiger partial charge < -0.3 is 10.6 Å². The SMILES string of the molecule is CC(CSc1ccc(F)cc1)C(=O)N1CCC(C)(CN)C1. The molecular formula is C16H23FN2OS. The van der Waals surface area contributed by atoms with Gasteiger partial charge in [-0.25, -0.2) is 4.39 Å². The van der Waals surface area contributed by atoms with Crippen LogP contribution in [0.15, 0.2) is 29.2 Å². The van der Waals surface area contributed by atoms with Crippen LogP contribution in [0.1, 0.15) is 20.3 Å². The monoisotopic (exact) mass is 310 g/mol. The van der Waals surface area contributed by atoms with Crippen LogP contribution in [-0.2, 0) is 4.79 Å². The van der Waals surface area contributed by atoms with Gasteiger partial charge in [0.2, 0.25) is 5.91 Å². The number of nitrogens with zero attached hydrogens (tertiary/aromatic N) is 1. The molecule has 1 saturated heterocycles. The summed E-state index contributed by atoms with van der Waals surface area (Å²) in [7, 11) is 0. The van der Waals surface area contributed by atoms with Gasteiger partial charge in [0.15, 0.2) is 0 Å². The Labute approximate surface area is 130 Å². The molecule has 1 fully saturated rings. The molecular weight excluding hydrogens is 287 g/mol. The molecule has 1 aromatic rings. The van der Waals surface area contributed by atoms with Crippen molar-refractivity contribution in [2.75, 3.05) is 25.4 Å². The fourth-order valence-corrected chi connectivity index (χ4v) is 3.43. The van der Waals surface area contributed by atoms with Crippen molar-refractivity contribution in [3.05, 3.63) is 30.1 Å². The average Bonchev–Trinajstić information content (AvgIpc) is 2.89. The van der Waals surface area contributed by atoms with E-state index in [-0.39, 0.29) is 23.1 Å². The largest absolute Gasteiger partial charge is 0.342 e. The third kappa shape index (κ3) is 4.20. The minimum Gasteiger partial charge on any atom is -0.342 e. The Morgan fingerprint density at radius 1 is 1.48 bits per heavy atom. The van der Waals surface area contributed by atoms with E-state index in [1.807, 2.05) is 11.8 Å². The molecule has 1 aliphatic heterocycles. The molecule has 1 heterocycles. The van der Waals surface area contributed by atoms with Gasteiger partial charge in [-0.1, -0.05) is 13.8 Å². The number of hydrogen-bond donors (Lipinski definition) is 1. The summed E-state index contributed by atoms with van der Waals surface area (Å²) in [4.78, 5) is 15.4. The lowest BCUT2D eigenvalue weighted by Crippen LogP contribution is -2.37. The second kappa shape index (κ2) is 6.79. The van der Waals surface area contributed by atoms with E-state index in [1.54, 1.807) is 23.9 Å². The molecule has 2 atom stereocenters. The topological polar surface area (TPSA) is 46.3 Å². The summed E-state index contributed by atoms with van der Waals surface area (Å²) in [5.41, 5.74) is 5.85. The second-order valence-corrected chi connectivity index (χ2v) is 7.28. The molecule has 0 spiro atoms. The Morgan fingerprint density at radius 2 is 2.14 bits per heavy atom. The second-order valence-electron chi connectivity index (χ2n) is 6.19. The predicted molar refractivity (Wildman–Crippen MR) is 84.6 cm³/mol. The zero-order valence-electron chi connectivity index (χ0n) is 12.6. The first-order valence-corrected chi connectivity index (χ1v) is 8.29. The molecule has 5 heteroatoms. The Morgan fingerprint density at radius 3 is 2.71 bits per heavy atom. The molecule has 2 rings (SSSR count). The van der Waals surface area contributed by atoms with Gasteiger partial charge in [0.05, 0.1) is 0 Å². The van der Waals surface area contributed by atoms with E-state index in [2.05, 4.69) is 6.92 Å². The summed E-state index contributed by atoms with van der Waals surface area (Å²) in [6.07, 6.45) is 0.979. The molecule has 0 saturated carbocycles. The molecule has 1 amide bonds. The van der Waals surface area contributed by atoms with E-state index in [0.29, 0.717) is 12.3 Å². The molecule has 0 bridgehead atoms. The molecule has 3 nitrogen and oxygen atoms in total. The summed E-state index contributed by atoms with van der Waals surface area (Å²) in [6, 6.07) is 6.39. The number of benzene rings is 1. The van der Waals surface area contributed by atoms with E-state index in [9.17, 15) is 9.18 Å². The van der Waals surface area contributed by atoms with Gasteiger partial charge in [-0.05, 0) is 42.6 Å². The van der Waals surface area contributed by atoms with Crippen molar-refractivity contribution in [1.29, 1.82) is 0 Å². The van der Waals surface area contributed by atoms with Crippen molar-refractivity contribution >= 4 is 17.7 Å². The smallest absolute Gasteiger partial charge is 0.226 e. The maximum absolute atomic E-state index is 12.8. The molecule has 0 radical (unpaired) electrons. The zero-order chi connectivity index (χ0) is 15.5. The number of likely N-dealkylation sites (tertiary alicyclic amines) is 1. The van der Waals surface area contributed by atoms with Crippen LogP contribution in [-0.4, -0.2) is 36.2 Å². The quantitative estimate of drug-likeness (QED) is 0.851. The first-order chi connectivity index (χ1) is 9.93. The molecule has 2 N–H and O–H groups in total. The summed E-state index contributed by atoms with van der Waals surface area (Å²) in [5, 5.41) is 0. The first-order valence-electron chi connectivity index (χ1n) is 7.31. The minimum atomic E-state index is -0.235. The molecule has 1 aromatic carbocycles. The first kappa shape index (κ1) is 16.3. The normalized spacial score (nSPS) is 23.3. The van der Waals surface area contributed by atoms with E-state index < -0.39 is 0 Å². The third-order valence-electron chi connectivity index (χ3n) is 4.10. The average molecular weight is 310 g/mol. The van der Waals surface area contributed by atoms with E-state index in [1.165, 1.54) is 12.1 Å². The number of halogens is 1. The van der Waals surface area contributed by atoms with Crippen molar-refractivity contribution in [3.63, 3.8) is 0 Å². The van der Waals surface area contributed by atoms with E-state index >= 15 is 0 Å². The summed E-state index contributed by atoms with van der Waals surface area (Å²) in [6.45, 7) is 6.27. The van der Waals surface area contributed by atoms with Crippen LogP contribution in [0.25, 0.3) is 0 Å². The van der Waals surface area contributed by atoms with Crippen molar-refractivity contribution in [2.45, 2.75) is 25.2 Å². The van der Waals surface area contributed by atoms with Crippen molar-refractivity contribution < 1.29 is 9.18 Å².